The van der Waals surface area contributed by atoms with Gasteiger partial charge >= 0.3 is 0 Å². The van der Waals surface area contributed by atoms with E-state index in [1.165, 1.54) is 7.81 Å². The molecule has 0 aliphatic rings. The number of hydrogen-bond acceptors (Lipinski definition) is 1. The summed E-state index contributed by atoms with van der Waals surface area (Å²) in [5.74, 6) is -0.147. The molecule has 0 saturated carbocycles. The highest BCUT2D eigenvalue weighted by Gasteiger charge is 2.07. The van der Waals surface area contributed by atoms with Gasteiger partial charge in [-0.05, 0) is 43.7 Å². The van der Waals surface area contributed by atoms with Crippen LogP contribution in [-0.2, 0) is 6.42 Å². The Labute approximate surface area is 120 Å². The minimum atomic E-state index is -0.147. The van der Waals surface area contributed by atoms with E-state index in [1.807, 2.05) is 24.3 Å². The molecule has 0 aliphatic carbocycles. The number of amides is 1. The van der Waals surface area contributed by atoms with Gasteiger partial charge in [0.05, 0.1) is 7.81 Å². The second-order valence-electron chi connectivity index (χ2n) is 4.17. The van der Waals surface area contributed by atoms with Crippen LogP contribution in [0.2, 0.25) is 11.3 Å². The topological polar surface area (TPSA) is 29.1 Å². The number of carbonyl (C=O) groups excluding carboxylic acids is 1. The maximum Gasteiger partial charge on any atom is 0.255 e. The molecule has 95 valence electrons. The monoisotopic (exact) mass is 271 g/mol. The number of anilines is 1. The van der Waals surface area contributed by atoms with Crippen LogP contribution in [-0.4, -0.2) is 15.1 Å². The number of halogens is 1. The maximum absolute atomic E-state index is 12.0. The third-order valence-corrected chi connectivity index (χ3v) is 3.12. The Morgan fingerprint density at radius 3 is 2.79 bits per heavy atom. The van der Waals surface area contributed by atoms with Gasteiger partial charge in [-0.3, -0.25) is 4.79 Å². The summed E-state index contributed by atoms with van der Waals surface area (Å²) in [4.78, 5) is 12.0. The third-order valence-electron chi connectivity index (χ3n) is 2.75. The second kappa shape index (κ2) is 6.44. The van der Waals surface area contributed by atoms with Crippen LogP contribution in [0.15, 0.2) is 48.5 Å². The molecule has 1 radical (unpaired) electrons. The minimum absolute atomic E-state index is 0.147. The van der Waals surface area contributed by atoms with Crippen LogP contribution in [0.5, 0.6) is 0 Å². The Hall–Kier alpha value is -1.74. The van der Waals surface area contributed by atoms with Crippen molar-refractivity contribution in [2.24, 2.45) is 0 Å². The zero-order valence-corrected chi connectivity index (χ0v) is 11.2. The summed E-state index contributed by atoms with van der Waals surface area (Å²) in [5, 5.41) is 3.50. The van der Waals surface area contributed by atoms with E-state index in [0.29, 0.717) is 29.0 Å². The van der Waals surface area contributed by atoms with Crippen molar-refractivity contribution in [2.45, 2.75) is 12.7 Å². The average molecular weight is 272 g/mol. The highest BCUT2D eigenvalue weighted by Crippen LogP contribution is 2.22. The molecule has 0 spiro atoms. The Balaban J connectivity index is 2.11. The summed E-state index contributed by atoms with van der Waals surface area (Å²) in [5.41, 5.74) is 2.26. The van der Waals surface area contributed by atoms with Gasteiger partial charge in [0.15, 0.2) is 0 Å². The van der Waals surface area contributed by atoms with Crippen molar-refractivity contribution in [1.29, 1.82) is 1.34 Å². The summed E-state index contributed by atoms with van der Waals surface area (Å²) in [6.45, 7) is 0. The van der Waals surface area contributed by atoms with Gasteiger partial charge in [0, 0.05) is 16.3 Å². The van der Waals surface area contributed by atoms with Crippen molar-refractivity contribution in [1.82, 2.24) is 0 Å². The molecule has 1 N–H and O–H groups in total. The van der Waals surface area contributed by atoms with E-state index in [2.05, 4.69) is 5.32 Å². The van der Waals surface area contributed by atoms with E-state index in [9.17, 15) is 4.79 Å². The molecule has 2 aromatic rings. The quantitative estimate of drug-likeness (QED) is 0.829. The molecule has 2 nitrogen and oxygen atoms in total. The largest absolute Gasteiger partial charge is 0.322 e. The lowest BCUT2D eigenvalue weighted by Gasteiger charge is -2.08. The predicted molar refractivity (Wildman–Crippen MR) is 81.5 cm³/mol. The Kier molecular flexibility index (Phi) is 4.17. The minimum Gasteiger partial charge on any atom is -0.322 e. The van der Waals surface area contributed by atoms with Crippen LogP contribution in [0.25, 0.3) is 0 Å². The summed E-state index contributed by atoms with van der Waals surface area (Å²) in [7, 11) is 1.35. The first kappa shape index (κ1) is 12.3. The van der Waals surface area contributed by atoms with Gasteiger partial charge in [-0.25, -0.2) is 0 Å². The van der Waals surface area contributed by atoms with E-state index in [1.54, 1.807) is 24.3 Å². The van der Waals surface area contributed by atoms with E-state index < -0.39 is 0 Å². The van der Waals surface area contributed by atoms with Crippen molar-refractivity contribution >= 4 is 31.0 Å². The number of benzene rings is 2. The molecule has 0 fully saturated rings. The number of nitrogens with one attached hydrogen (secondary N) is 1. The fourth-order valence-corrected chi connectivity index (χ4v) is 2.00. The van der Waals surface area contributed by atoms with Gasteiger partial charge in [0.25, 0.3) is 5.91 Å². The van der Waals surface area contributed by atoms with Crippen molar-refractivity contribution in [3.8, 4) is 0 Å². The molecule has 0 heterocycles. The fraction of sp³-hybridized carbons (Fsp3) is 0.133. The summed E-state index contributed by atoms with van der Waals surface area (Å²) in [6, 6.07) is 14.4. The summed E-state index contributed by atoms with van der Waals surface area (Å²) >= 11 is 6.10. The molecule has 19 heavy (non-hydrogen) atoms. The molecule has 0 saturated heterocycles. The van der Waals surface area contributed by atoms with Crippen LogP contribution in [0.3, 0.4) is 0 Å². The molecular weight excluding hydrogens is 256 g/mol. The number of aryl methyl sites for hydroxylation is 1. The standard InChI is InChI=1S/C15H14BClNO/c16-9-8-12-10-13(6-7-14(12)17)18-15(19)11-4-2-1-3-5-11/h1-7,10,16H,8-9H2,(H,18,19)/i16D. The van der Waals surface area contributed by atoms with E-state index in [0.717, 1.165) is 5.56 Å². The Morgan fingerprint density at radius 2 is 2.05 bits per heavy atom. The van der Waals surface area contributed by atoms with Gasteiger partial charge < -0.3 is 5.32 Å². The van der Waals surface area contributed by atoms with Crippen molar-refractivity contribution in [2.75, 3.05) is 5.32 Å². The van der Waals surface area contributed by atoms with Crippen LogP contribution in [0.4, 0.5) is 5.69 Å². The molecule has 0 unspecified atom stereocenters. The first-order chi connectivity index (χ1) is 9.70. The predicted octanol–water partition coefficient (Wildman–Crippen LogP) is 3.45. The van der Waals surface area contributed by atoms with Crippen molar-refractivity contribution in [3.63, 3.8) is 0 Å². The molecule has 2 rings (SSSR count). The van der Waals surface area contributed by atoms with Crippen LogP contribution >= 0.6 is 11.6 Å². The number of rotatable bonds is 5. The second-order valence-corrected chi connectivity index (χ2v) is 4.57. The molecule has 4 heteroatoms. The first-order valence-electron chi connectivity index (χ1n) is 6.63. The normalized spacial score (nSPS) is 10.7. The lowest BCUT2D eigenvalue weighted by atomic mass is 9.97. The fourth-order valence-electron chi connectivity index (χ4n) is 1.79. The van der Waals surface area contributed by atoms with Gasteiger partial charge in [-0.2, -0.15) is 0 Å². The summed E-state index contributed by atoms with van der Waals surface area (Å²) in [6.07, 6.45) is 1.33. The molecule has 0 atom stereocenters. The van der Waals surface area contributed by atoms with Gasteiger partial charge in [0.2, 0.25) is 0 Å². The number of hydrogen-bond donors (Lipinski definition) is 1. The van der Waals surface area contributed by atoms with Crippen molar-refractivity contribution < 1.29 is 4.79 Å². The van der Waals surface area contributed by atoms with E-state index in [-0.39, 0.29) is 5.91 Å². The lowest BCUT2D eigenvalue weighted by Crippen LogP contribution is -2.11. The van der Waals surface area contributed by atoms with Gasteiger partial charge in [-0.15, -0.1) is 0 Å². The third kappa shape index (κ3) is 3.61. The molecule has 2 aromatic carbocycles. The van der Waals surface area contributed by atoms with E-state index >= 15 is 0 Å². The first-order valence-corrected chi connectivity index (χ1v) is 6.43. The van der Waals surface area contributed by atoms with Crippen LogP contribution < -0.4 is 5.32 Å². The van der Waals surface area contributed by atoms with Crippen LogP contribution in [0.1, 0.15) is 15.9 Å². The molecule has 1 amide bonds. The maximum atomic E-state index is 12.0. The molecule has 0 aromatic heterocycles. The van der Waals surface area contributed by atoms with Crippen molar-refractivity contribution in [3.05, 3.63) is 64.7 Å². The van der Waals surface area contributed by atoms with Gasteiger partial charge in [-0.1, -0.05) is 36.1 Å². The van der Waals surface area contributed by atoms with E-state index in [4.69, 9.17) is 12.9 Å². The smallest absolute Gasteiger partial charge is 0.255 e. The zero-order chi connectivity index (χ0) is 14.4. The highest BCUT2D eigenvalue weighted by molar-refractivity contribution is 6.31. The van der Waals surface area contributed by atoms with Gasteiger partial charge in [0.1, 0.15) is 0 Å². The highest BCUT2D eigenvalue weighted by atomic mass is 35.5. The number of carbonyl (C=O) groups is 1. The molecule has 0 aliphatic heterocycles. The Morgan fingerprint density at radius 1 is 1.26 bits per heavy atom. The zero-order valence-electron chi connectivity index (χ0n) is 11.4. The Bertz CT molecular complexity index is 592. The average Bonchev–Trinajstić information content (AvgIpc) is 2.48. The SMILES string of the molecule is [2H][B]CCc1cc(NC(=O)c2ccccc2)ccc1Cl. The molecule has 0 bridgehead atoms. The lowest BCUT2D eigenvalue weighted by molar-refractivity contribution is 0.102. The van der Waals surface area contributed by atoms with Crippen LogP contribution in [0, 0.1) is 0 Å². The summed E-state index contributed by atoms with van der Waals surface area (Å²) < 4.78 is 7.06. The molecular formula is C15H14BClNO.